The molecule has 0 aliphatic heterocycles. The second-order valence-electron chi connectivity index (χ2n) is 5.34. The van der Waals surface area contributed by atoms with Crippen molar-refractivity contribution in [3.8, 4) is 0 Å². The molecule has 0 spiro atoms. The first-order valence-electron chi connectivity index (χ1n) is 7.30. The van der Waals surface area contributed by atoms with Gasteiger partial charge in [-0.25, -0.2) is 15.0 Å². The van der Waals surface area contributed by atoms with E-state index in [1.54, 1.807) is 17.7 Å². The first kappa shape index (κ1) is 15.7. The maximum Gasteiger partial charge on any atom is 0.135 e. The van der Waals surface area contributed by atoms with Gasteiger partial charge >= 0.3 is 0 Å². The second kappa shape index (κ2) is 6.85. The van der Waals surface area contributed by atoms with Crippen molar-refractivity contribution in [2.24, 2.45) is 0 Å². The summed E-state index contributed by atoms with van der Waals surface area (Å²) < 4.78 is 0. The molecule has 2 heterocycles. The number of anilines is 2. The van der Waals surface area contributed by atoms with E-state index < -0.39 is 0 Å². The summed E-state index contributed by atoms with van der Waals surface area (Å²) in [4.78, 5) is 14.5. The summed E-state index contributed by atoms with van der Waals surface area (Å²) in [6.45, 7) is 11.4. The number of hydrogen-bond acceptors (Lipinski definition) is 6. The fourth-order valence-corrected chi connectivity index (χ4v) is 2.98. The van der Waals surface area contributed by atoms with Crippen LogP contribution in [0.1, 0.15) is 55.1 Å². The van der Waals surface area contributed by atoms with Gasteiger partial charge in [-0.15, -0.1) is 11.3 Å². The molecule has 0 bridgehead atoms. The molecular formula is C15H23N5S. The van der Waals surface area contributed by atoms with Gasteiger partial charge in [0.05, 0.1) is 6.04 Å². The third kappa shape index (κ3) is 3.69. The van der Waals surface area contributed by atoms with Crippen molar-refractivity contribution in [1.29, 1.82) is 0 Å². The lowest BCUT2D eigenvalue weighted by Crippen LogP contribution is -2.13. The molecule has 21 heavy (non-hydrogen) atoms. The van der Waals surface area contributed by atoms with E-state index in [1.165, 1.54) is 4.88 Å². The number of hydrogen-bond donors (Lipinski definition) is 2. The predicted octanol–water partition coefficient (Wildman–Crippen LogP) is 3.97. The van der Waals surface area contributed by atoms with Gasteiger partial charge in [0.15, 0.2) is 0 Å². The number of nitrogens with zero attached hydrogens (tertiary/aromatic N) is 3. The summed E-state index contributed by atoms with van der Waals surface area (Å²) in [6, 6.07) is 0.130. The summed E-state index contributed by atoms with van der Waals surface area (Å²) in [7, 11) is 0. The zero-order valence-electron chi connectivity index (χ0n) is 13.3. The number of aromatic nitrogens is 3. The van der Waals surface area contributed by atoms with Crippen molar-refractivity contribution in [3.63, 3.8) is 0 Å². The lowest BCUT2D eigenvalue weighted by atomic mass is 10.0. The molecule has 0 aliphatic carbocycles. The van der Waals surface area contributed by atoms with Crippen LogP contribution in [0.25, 0.3) is 0 Å². The molecule has 1 unspecified atom stereocenters. The monoisotopic (exact) mass is 305 g/mol. The van der Waals surface area contributed by atoms with Gasteiger partial charge in [-0.1, -0.05) is 13.8 Å². The van der Waals surface area contributed by atoms with Gasteiger partial charge < -0.3 is 10.6 Å². The minimum atomic E-state index is 0.130. The molecule has 0 saturated heterocycles. The molecule has 5 nitrogen and oxygen atoms in total. The average Bonchev–Trinajstić information content (AvgIpc) is 2.86. The third-order valence-electron chi connectivity index (χ3n) is 3.17. The number of nitrogens with one attached hydrogen (secondary N) is 2. The molecule has 0 aromatic carbocycles. The van der Waals surface area contributed by atoms with Crippen molar-refractivity contribution in [3.05, 3.63) is 28.0 Å². The molecule has 0 aliphatic rings. The van der Waals surface area contributed by atoms with Crippen LogP contribution in [0.4, 0.5) is 11.6 Å². The minimum absolute atomic E-state index is 0.130. The Labute approximate surface area is 130 Å². The molecule has 2 N–H and O–H groups in total. The topological polar surface area (TPSA) is 62.7 Å². The smallest absolute Gasteiger partial charge is 0.135 e. The average molecular weight is 305 g/mol. The Hall–Kier alpha value is -1.69. The van der Waals surface area contributed by atoms with Crippen LogP contribution >= 0.6 is 11.3 Å². The number of rotatable bonds is 6. The summed E-state index contributed by atoms with van der Waals surface area (Å²) in [5.41, 5.74) is 1.12. The standard InChI is InChI=1S/C15H23N5S/c1-6-16-13-12(9(2)3)14(19-8-18-13)20-11(5)15-17-7-10(4)21-15/h7-9,11H,6H2,1-5H3,(H2,16,18,19,20). The minimum Gasteiger partial charge on any atom is -0.370 e. The molecule has 2 aromatic rings. The quantitative estimate of drug-likeness (QED) is 0.845. The zero-order valence-corrected chi connectivity index (χ0v) is 14.1. The normalized spacial score (nSPS) is 12.5. The second-order valence-corrected chi connectivity index (χ2v) is 6.61. The van der Waals surface area contributed by atoms with E-state index in [9.17, 15) is 0 Å². The summed E-state index contributed by atoms with van der Waals surface area (Å²) in [5, 5.41) is 7.86. The van der Waals surface area contributed by atoms with Crippen LogP contribution in [0, 0.1) is 6.92 Å². The highest BCUT2D eigenvalue weighted by Gasteiger charge is 2.17. The van der Waals surface area contributed by atoms with Crippen molar-refractivity contribution >= 4 is 23.0 Å². The summed E-state index contributed by atoms with van der Waals surface area (Å²) in [5.74, 6) is 2.14. The van der Waals surface area contributed by atoms with Crippen LogP contribution in [0.5, 0.6) is 0 Å². The molecule has 0 amide bonds. The van der Waals surface area contributed by atoms with Crippen LogP contribution in [0.2, 0.25) is 0 Å². The van der Waals surface area contributed by atoms with E-state index in [-0.39, 0.29) is 6.04 Å². The van der Waals surface area contributed by atoms with Crippen molar-refractivity contribution in [2.45, 2.75) is 46.6 Å². The third-order valence-corrected chi connectivity index (χ3v) is 4.26. The number of thiazole rings is 1. The highest BCUT2D eigenvalue weighted by molar-refractivity contribution is 7.11. The zero-order chi connectivity index (χ0) is 15.4. The van der Waals surface area contributed by atoms with Gasteiger partial charge in [0, 0.05) is 23.2 Å². The highest BCUT2D eigenvalue weighted by Crippen LogP contribution is 2.31. The molecule has 0 radical (unpaired) electrons. The van der Waals surface area contributed by atoms with Gasteiger partial charge in [0.2, 0.25) is 0 Å². The summed E-state index contributed by atoms with van der Waals surface area (Å²) in [6.07, 6.45) is 3.51. The molecule has 0 fully saturated rings. The van der Waals surface area contributed by atoms with Gasteiger partial charge in [-0.2, -0.15) is 0 Å². The van der Waals surface area contributed by atoms with Crippen LogP contribution in [-0.2, 0) is 0 Å². The number of aryl methyl sites for hydroxylation is 1. The van der Waals surface area contributed by atoms with E-state index in [0.29, 0.717) is 5.92 Å². The SMILES string of the molecule is CCNc1ncnc(NC(C)c2ncc(C)s2)c1C(C)C. The van der Waals surface area contributed by atoms with Crippen molar-refractivity contribution in [1.82, 2.24) is 15.0 Å². The molecule has 0 saturated carbocycles. The van der Waals surface area contributed by atoms with Crippen LogP contribution in [-0.4, -0.2) is 21.5 Å². The Morgan fingerprint density at radius 3 is 2.43 bits per heavy atom. The molecular weight excluding hydrogens is 282 g/mol. The Balaban J connectivity index is 2.28. The Kier molecular flexibility index (Phi) is 5.12. The van der Waals surface area contributed by atoms with Crippen molar-refractivity contribution in [2.75, 3.05) is 17.2 Å². The Bertz CT molecular complexity index is 593. The maximum absolute atomic E-state index is 4.44. The lowest BCUT2D eigenvalue weighted by molar-refractivity contribution is 0.814. The van der Waals surface area contributed by atoms with E-state index in [1.807, 2.05) is 6.20 Å². The molecule has 1 atom stereocenters. The van der Waals surface area contributed by atoms with Gasteiger partial charge in [0.1, 0.15) is 23.0 Å². The van der Waals surface area contributed by atoms with Gasteiger partial charge in [-0.05, 0) is 26.7 Å². The van der Waals surface area contributed by atoms with Crippen LogP contribution in [0.15, 0.2) is 12.5 Å². The maximum atomic E-state index is 4.44. The molecule has 114 valence electrons. The molecule has 2 rings (SSSR count). The van der Waals surface area contributed by atoms with Crippen LogP contribution in [0.3, 0.4) is 0 Å². The largest absolute Gasteiger partial charge is 0.370 e. The Morgan fingerprint density at radius 1 is 1.14 bits per heavy atom. The van der Waals surface area contributed by atoms with E-state index in [2.05, 4.69) is 60.2 Å². The van der Waals surface area contributed by atoms with E-state index in [4.69, 9.17) is 0 Å². The molecule has 2 aromatic heterocycles. The lowest BCUT2D eigenvalue weighted by Gasteiger charge is -2.19. The van der Waals surface area contributed by atoms with Crippen LogP contribution < -0.4 is 10.6 Å². The van der Waals surface area contributed by atoms with Crippen molar-refractivity contribution < 1.29 is 0 Å². The molecule has 6 heteroatoms. The first-order valence-corrected chi connectivity index (χ1v) is 8.12. The first-order chi connectivity index (χ1) is 10.0. The van der Waals surface area contributed by atoms with Gasteiger partial charge in [-0.3, -0.25) is 0 Å². The summed E-state index contributed by atoms with van der Waals surface area (Å²) >= 11 is 1.71. The van der Waals surface area contributed by atoms with Gasteiger partial charge in [0.25, 0.3) is 0 Å². The predicted molar refractivity (Wildman–Crippen MR) is 89.2 cm³/mol. The van der Waals surface area contributed by atoms with E-state index in [0.717, 1.165) is 28.8 Å². The Morgan fingerprint density at radius 2 is 1.86 bits per heavy atom. The van der Waals surface area contributed by atoms with E-state index >= 15 is 0 Å². The fraction of sp³-hybridized carbons (Fsp3) is 0.533. The highest BCUT2D eigenvalue weighted by atomic mass is 32.1. The fourth-order valence-electron chi connectivity index (χ4n) is 2.20.